The van der Waals surface area contributed by atoms with Crippen molar-refractivity contribution in [2.75, 3.05) is 0 Å². The van der Waals surface area contributed by atoms with Crippen LogP contribution in [0, 0.1) is 11.8 Å². The van der Waals surface area contributed by atoms with Gasteiger partial charge in [-0.05, 0) is 24.5 Å². The first-order valence-corrected chi connectivity index (χ1v) is 5.33. The fraction of sp³-hybridized carbons (Fsp3) is 0.357. The predicted molar refractivity (Wildman–Crippen MR) is 60.6 cm³/mol. The number of rotatable bonds is 3. The van der Waals surface area contributed by atoms with Gasteiger partial charge in [0.15, 0.2) is 0 Å². The second kappa shape index (κ2) is 4.31. The quantitative estimate of drug-likeness (QED) is 0.682. The molecule has 0 spiro atoms. The van der Waals surface area contributed by atoms with Gasteiger partial charge in [-0.3, -0.25) is 4.79 Å². The van der Waals surface area contributed by atoms with Crippen molar-refractivity contribution in [1.82, 2.24) is 0 Å². The summed E-state index contributed by atoms with van der Waals surface area (Å²) in [6.45, 7) is 1.81. The molecule has 0 bridgehead atoms. The van der Waals surface area contributed by atoms with Crippen LogP contribution >= 0.6 is 0 Å². The number of fused-ring (bicyclic) bond motifs is 1. The number of hydrogen-bond donors (Lipinski definition) is 0. The van der Waals surface area contributed by atoms with Gasteiger partial charge in [0.25, 0.3) is 0 Å². The third kappa shape index (κ3) is 1.94. The van der Waals surface area contributed by atoms with Crippen molar-refractivity contribution in [3.8, 4) is 11.8 Å². The Labute approximate surface area is 90.5 Å². The monoisotopic (exact) mass is 198 g/mol. The molecule has 1 nitrogen and oxygen atoms in total. The maximum absolute atomic E-state index is 11.8. The van der Waals surface area contributed by atoms with E-state index in [1.807, 2.05) is 19.1 Å². The summed E-state index contributed by atoms with van der Waals surface area (Å²) in [7, 11) is 0. The molecule has 1 aromatic rings. The Morgan fingerprint density at radius 2 is 2.27 bits per heavy atom. The Morgan fingerprint density at radius 3 is 3.00 bits per heavy atom. The zero-order chi connectivity index (χ0) is 10.7. The fourth-order valence-corrected chi connectivity index (χ4v) is 2.03. The number of ketones is 1. The minimum Gasteiger partial charge on any atom is -0.299 e. The molecule has 1 aliphatic carbocycles. The minimum atomic E-state index is 0.153. The van der Waals surface area contributed by atoms with Crippen LogP contribution in [-0.4, -0.2) is 5.78 Å². The molecule has 0 amide bonds. The lowest BCUT2D eigenvalue weighted by Gasteiger charge is -2.28. The van der Waals surface area contributed by atoms with Crippen LogP contribution in [0.3, 0.4) is 0 Å². The van der Waals surface area contributed by atoms with Crippen LogP contribution in [0.4, 0.5) is 0 Å². The molecule has 2 rings (SSSR count). The SMILES string of the molecule is CC#CCCC(=O)C1Cc2ccccc21. The second-order valence-corrected chi connectivity index (χ2v) is 3.85. The van der Waals surface area contributed by atoms with E-state index < -0.39 is 0 Å². The summed E-state index contributed by atoms with van der Waals surface area (Å²) >= 11 is 0. The molecule has 76 valence electrons. The maximum Gasteiger partial charge on any atom is 0.141 e. The number of carbonyl (C=O) groups excluding carboxylic acids is 1. The van der Waals surface area contributed by atoms with Gasteiger partial charge in [-0.1, -0.05) is 24.3 Å². The van der Waals surface area contributed by atoms with E-state index in [0.717, 1.165) is 6.42 Å². The standard InChI is InChI=1S/C14H14O/c1-2-3-4-9-14(15)13-10-11-7-5-6-8-12(11)13/h5-8,13H,4,9-10H2,1H3. The third-order valence-electron chi connectivity index (χ3n) is 2.92. The molecule has 0 N–H and O–H groups in total. The molecule has 1 unspecified atom stereocenters. The molecule has 0 aromatic heterocycles. The lowest BCUT2D eigenvalue weighted by atomic mass is 9.74. The van der Waals surface area contributed by atoms with Gasteiger partial charge < -0.3 is 0 Å². The topological polar surface area (TPSA) is 17.1 Å². The average Bonchev–Trinajstić information content (AvgIpc) is 2.20. The number of Topliss-reactive ketones (excluding diaryl/α,β-unsaturated/α-hetero) is 1. The first-order chi connectivity index (χ1) is 7.33. The summed E-state index contributed by atoms with van der Waals surface area (Å²) in [4.78, 5) is 11.8. The van der Waals surface area contributed by atoms with Gasteiger partial charge >= 0.3 is 0 Å². The van der Waals surface area contributed by atoms with Gasteiger partial charge in [0.1, 0.15) is 5.78 Å². The Hall–Kier alpha value is -1.55. The number of carbonyl (C=O) groups is 1. The number of benzene rings is 1. The summed E-state index contributed by atoms with van der Waals surface area (Å²) < 4.78 is 0. The maximum atomic E-state index is 11.8. The van der Waals surface area contributed by atoms with E-state index in [2.05, 4.69) is 24.0 Å². The molecule has 0 saturated carbocycles. The van der Waals surface area contributed by atoms with E-state index in [1.165, 1.54) is 11.1 Å². The van der Waals surface area contributed by atoms with Gasteiger partial charge in [-0.25, -0.2) is 0 Å². The van der Waals surface area contributed by atoms with E-state index in [1.54, 1.807) is 0 Å². The largest absolute Gasteiger partial charge is 0.299 e. The van der Waals surface area contributed by atoms with Crippen LogP contribution < -0.4 is 0 Å². The molecule has 0 radical (unpaired) electrons. The number of hydrogen-bond acceptors (Lipinski definition) is 1. The van der Waals surface area contributed by atoms with Crippen molar-refractivity contribution in [3.63, 3.8) is 0 Å². The Bertz CT molecular complexity index is 434. The van der Waals surface area contributed by atoms with Crippen molar-refractivity contribution in [3.05, 3.63) is 35.4 Å². The first-order valence-electron chi connectivity index (χ1n) is 5.33. The summed E-state index contributed by atoms with van der Waals surface area (Å²) in [6.07, 6.45) is 2.22. The molecular formula is C14H14O. The van der Waals surface area contributed by atoms with Crippen LogP contribution in [0.15, 0.2) is 24.3 Å². The van der Waals surface area contributed by atoms with Crippen LogP contribution in [-0.2, 0) is 11.2 Å². The molecule has 0 fully saturated rings. The van der Waals surface area contributed by atoms with Crippen LogP contribution in [0.1, 0.15) is 36.8 Å². The summed E-state index contributed by atoms with van der Waals surface area (Å²) in [5, 5.41) is 0. The highest BCUT2D eigenvalue weighted by molar-refractivity contribution is 5.88. The van der Waals surface area contributed by atoms with Gasteiger partial charge in [-0.2, -0.15) is 0 Å². The minimum absolute atomic E-state index is 0.153. The van der Waals surface area contributed by atoms with Crippen molar-refractivity contribution in [2.24, 2.45) is 0 Å². The highest BCUT2D eigenvalue weighted by Crippen LogP contribution is 2.36. The molecule has 0 saturated heterocycles. The molecule has 0 aliphatic heterocycles. The molecular weight excluding hydrogens is 184 g/mol. The van der Waals surface area contributed by atoms with Gasteiger partial charge in [0.05, 0.1) is 0 Å². The molecule has 1 aromatic carbocycles. The molecule has 15 heavy (non-hydrogen) atoms. The highest BCUT2D eigenvalue weighted by atomic mass is 16.1. The van der Waals surface area contributed by atoms with Crippen molar-refractivity contribution >= 4 is 5.78 Å². The molecule has 1 heteroatoms. The molecule has 1 aliphatic rings. The first kappa shape index (κ1) is 9.98. The lowest BCUT2D eigenvalue weighted by Crippen LogP contribution is -2.24. The highest BCUT2D eigenvalue weighted by Gasteiger charge is 2.30. The molecule has 0 heterocycles. The van der Waals surface area contributed by atoms with Gasteiger partial charge in [0, 0.05) is 18.8 Å². The van der Waals surface area contributed by atoms with Crippen LogP contribution in [0.25, 0.3) is 0 Å². The van der Waals surface area contributed by atoms with E-state index in [4.69, 9.17) is 0 Å². The Kier molecular flexibility index (Phi) is 2.87. The predicted octanol–water partition coefficient (Wildman–Crippen LogP) is 2.70. The normalized spacial score (nSPS) is 17.0. The fourth-order valence-electron chi connectivity index (χ4n) is 2.03. The van der Waals surface area contributed by atoms with Gasteiger partial charge in [-0.15, -0.1) is 11.8 Å². The van der Waals surface area contributed by atoms with Crippen LogP contribution in [0.5, 0.6) is 0 Å². The average molecular weight is 198 g/mol. The van der Waals surface area contributed by atoms with E-state index in [-0.39, 0.29) is 5.92 Å². The zero-order valence-corrected chi connectivity index (χ0v) is 8.92. The van der Waals surface area contributed by atoms with E-state index >= 15 is 0 Å². The van der Waals surface area contributed by atoms with Gasteiger partial charge in [0.2, 0.25) is 0 Å². The summed E-state index contributed by atoms with van der Waals surface area (Å²) in [5.74, 6) is 6.25. The summed E-state index contributed by atoms with van der Waals surface area (Å²) in [6, 6.07) is 8.20. The van der Waals surface area contributed by atoms with Crippen molar-refractivity contribution < 1.29 is 4.79 Å². The Morgan fingerprint density at radius 1 is 1.47 bits per heavy atom. The van der Waals surface area contributed by atoms with Crippen LogP contribution in [0.2, 0.25) is 0 Å². The third-order valence-corrected chi connectivity index (χ3v) is 2.92. The van der Waals surface area contributed by atoms with E-state index in [9.17, 15) is 4.79 Å². The Balaban J connectivity index is 1.97. The van der Waals surface area contributed by atoms with Crippen molar-refractivity contribution in [1.29, 1.82) is 0 Å². The molecule has 1 atom stereocenters. The smallest absolute Gasteiger partial charge is 0.141 e. The summed E-state index contributed by atoms with van der Waals surface area (Å²) in [5.41, 5.74) is 2.56. The van der Waals surface area contributed by atoms with Crippen molar-refractivity contribution in [2.45, 2.75) is 32.1 Å². The second-order valence-electron chi connectivity index (χ2n) is 3.85. The zero-order valence-electron chi connectivity index (χ0n) is 8.92. The van der Waals surface area contributed by atoms with E-state index in [0.29, 0.717) is 18.6 Å². The lowest BCUT2D eigenvalue weighted by molar-refractivity contribution is -0.120.